The summed E-state index contributed by atoms with van der Waals surface area (Å²) in [5, 5.41) is 0. The molecule has 9 heteroatoms. The normalized spacial score (nSPS) is 0. The maximum atomic E-state index is 0. The van der Waals surface area contributed by atoms with Gasteiger partial charge >= 0.3 is 48.3 Å². The number of hydrogen-bond acceptors (Lipinski definition) is 0. The van der Waals surface area contributed by atoms with Gasteiger partial charge in [-0.15, -0.1) is 0 Å². The summed E-state index contributed by atoms with van der Waals surface area (Å²) < 4.78 is 0. The van der Waals surface area contributed by atoms with Crippen molar-refractivity contribution in [2.45, 2.75) is 0 Å². The van der Waals surface area contributed by atoms with E-state index >= 15 is 0 Å². The fourth-order valence-corrected chi connectivity index (χ4v) is 0. The molecule has 58 valence electrons. The van der Waals surface area contributed by atoms with E-state index in [0.717, 1.165) is 0 Å². The van der Waals surface area contributed by atoms with E-state index in [-0.39, 0.29) is 135 Å². The van der Waals surface area contributed by atoms with Gasteiger partial charge in [-0.1, -0.05) is 0 Å². The van der Waals surface area contributed by atoms with Crippen molar-refractivity contribution in [1.29, 1.82) is 0 Å². The van der Waals surface area contributed by atoms with Crippen molar-refractivity contribution in [1.82, 2.24) is 0 Å². The summed E-state index contributed by atoms with van der Waals surface area (Å²) in [5.74, 6) is 0. The van der Waals surface area contributed by atoms with Crippen LogP contribution in [0.15, 0.2) is 0 Å². The molecule has 0 atom stereocenters. The third-order valence-electron chi connectivity index (χ3n) is 0. The summed E-state index contributed by atoms with van der Waals surface area (Å²) in [6, 6.07) is 0. The third-order valence-corrected chi connectivity index (χ3v) is 0. The molecule has 0 fully saturated rings. The molecule has 0 saturated carbocycles. The molecule has 0 bridgehead atoms. The van der Waals surface area contributed by atoms with Crippen LogP contribution < -0.4 is 86.8 Å². The van der Waals surface area contributed by atoms with Crippen LogP contribution in [0.4, 0.5) is 0 Å². The molecule has 0 nitrogen and oxygen atoms in total. The first kappa shape index (κ1) is 129. The van der Waals surface area contributed by atoms with E-state index in [1.165, 1.54) is 0 Å². The minimum absolute atomic E-state index is 0. The van der Waals surface area contributed by atoms with Gasteiger partial charge in [-0.3, -0.25) is 0 Å². The smallest absolute Gasteiger partial charge is 1.00 e. The molecular weight excluding hydrogens is 489 g/mol. The summed E-state index contributed by atoms with van der Waals surface area (Å²) in [6.07, 6.45) is 0. The molecule has 0 unspecified atom stereocenters. The largest absolute Gasteiger partial charge is 4.00 e. The van der Waals surface area contributed by atoms with Gasteiger partial charge in [0.25, 0.3) is 0 Å². The summed E-state index contributed by atoms with van der Waals surface area (Å²) in [4.78, 5) is 0. The van der Waals surface area contributed by atoms with Crippen LogP contribution in [-0.4, -0.2) is 48.3 Å². The van der Waals surface area contributed by atoms with Gasteiger partial charge in [-0.05, 0) is 0 Å². The Morgan fingerprint density at radius 3 is 0.333 bits per heavy atom. The number of halogens is 7. The first-order chi connectivity index (χ1) is 0. The molecule has 0 rings (SSSR count). The number of hydrogen-bond donors (Lipinski definition) is 0. The second kappa shape index (κ2) is 99.3. The summed E-state index contributed by atoms with van der Waals surface area (Å²) >= 11 is 0. The second-order valence-corrected chi connectivity index (χ2v) is 0. The van der Waals surface area contributed by atoms with Crippen LogP contribution >= 0.6 is 0 Å². The van der Waals surface area contributed by atoms with E-state index in [4.69, 9.17) is 0 Å². The van der Waals surface area contributed by atoms with Gasteiger partial charge in [0.2, 0.25) is 0 Å². The Labute approximate surface area is 133 Å². The van der Waals surface area contributed by atoms with Gasteiger partial charge in [-0.2, -0.15) is 0 Å². The van der Waals surface area contributed by atoms with Gasteiger partial charge < -0.3 is 86.8 Å². The van der Waals surface area contributed by atoms with E-state index in [9.17, 15) is 0 Å². The van der Waals surface area contributed by atoms with Crippen molar-refractivity contribution < 1.29 is 86.8 Å². The maximum Gasteiger partial charge on any atom is 4.00 e. The van der Waals surface area contributed by atoms with Gasteiger partial charge in [-0.25, -0.2) is 0 Å². The predicted molar refractivity (Wildman–Crippen MR) is 11.5 cm³/mol. The molecule has 0 aromatic heterocycles. The minimum Gasteiger partial charge on any atom is -1.00 e. The summed E-state index contributed by atoms with van der Waals surface area (Å²) in [6.45, 7) is 0. The Morgan fingerprint density at radius 1 is 0.333 bits per heavy atom. The van der Waals surface area contributed by atoms with Gasteiger partial charge in [0.1, 0.15) is 0 Å². The maximum absolute atomic E-state index is 0. The molecule has 0 heterocycles. The SMILES string of the molecule is [Cl-].[Cl-].[Cl-].[Cl-].[Cl-].[Cl-].[Cl-].[Sb+3].[Sn+4]. The van der Waals surface area contributed by atoms with Crippen molar-refractivity contribution >= 4 is 48.3 Å². The Kier molecular flexibility index (Phi) is 1420. The predicted octanol–water partition coefficient (Wildman–Crippen LogP) is -21.7. The van der Waals surface area contributed by atoms with E-state index in [2.05, 4.69) is 0 Å². The zero-order valence-corrected chi connectivity index (χ0v) is 14.3. The summed E-state index contributed by atoms with van der Waals surface area (Å²) in [5.41, 5.74) is 0. The Morgan fingerprint density at radius 2 is 0.333 bits per heavy atom. The standard InChI is InChI=1S/7ClH.Sb.Sn/h7*1H;;/q;;;;;;;+3;+4/p-7. The zero-order valence-electron chi connectivity index (χ0n) is 3.59. The van der Waals surface area contributed by atoms with E-state index in [0.29, 0.717) is 0 Å². The molecule has 0 saturated heterocycles. The van der Waals surface area contributed by atoms with Crippen molar-refractivity contribution in [2.24, 2.45) is 0 Å². The van der Waals surface area contributed by atoms with Crippen LogP contribution in [0.5, 0.6) is 0 Å². The van der Waals surface area contributed by atoms with Crippen molar-refractivity contribution in [3.8, 4) is 0 Å². The topological polar surface area (TPSA) is 0 Å². The quantitative estimate of drug-likeness (QED) is 0.297. The minimum atomic E-state index is 0. The number of rotatable bonds is 0. The molecule has 0 aliphatic heterocycles. The van der Waals surface area contributed by atoms with Crippen LogP contribution in [-0.2, 0) is 0 Å². The van der Waals surface area contributed by atoms with Crippen LogP contribution in [0.3, 0.4) is 0 Å². The molecular formula is Cl7SbSn. The molecule has 0 amide bonds. The van der Waals surface area contributed by atoms with Gasteiger partial charge in [0.05, 0.1) is 0 Å². The van der Waals surface area contributed by atoms with Crippen LogP contribution in [0, 0.1) is 0 Å². The van der Waals surface area contributed by atoms with Crippen molar-refractivity contribution in [2.75, 3.05) is 0 Å². The monoisotopic (exact) mass is 486 g/mol. The Hall–Kier alpha value is 3.65. The fraction of sp³-hybridized carbons (Fsp3) is 0. The van der Waals surface area contributed by atoms with Crippen LogP contribution in [0.25, 0.3) is 0 Å². The van der Waals surface area contributed by atoms with Gasteiger partial charge in [0, 0.05) is 0 Å². The second-order valence-electron chi connectivity index (χ2n) is 0. The first-order valence-corrected chi connectivity index (χ1v) is 0. The van der Waals surface area contributed by atoms with E-state index < -0.39 is 0 Å². The molecule has 0 aliphatic rings. The average molecular weight is 489 g/mol. The van der Waals surface area contributed by atoms with Gasteiger partial charge in [0.15, 0.2) is 0 Å². The van der Waals surface area contributed by atoms with E-state index in [1.807, 2.05) is 0 Å². The molecule has 0 aliphatic carbocycles. The van der Waals surface area contributed by atoms with Crippen LogP contribution in [0.1, 0.15) is 0 Å². The molecule has 0 N–H and O–H groups in total. The Balaban J connectivity index is 0. The van der Waals surface area contributed by atoms with Crippen molar-refractivity contribution in [3.05, 3.63) is 0 Å². The molecule has 0 aromatic rings. The molecule has 9 heavy (non-hydrogen) atoms. The van der Waals surface area contributed by atoms with Crippen molar-refractivity contribution in [3.63, 3.8) is 0 Å². The first-order valence-electron chi connectivity index (χ1n) is 0. The van der Waals surface area contributed by atoms with E-state index in [1.54, 1.807) is 0 Å². The Bertz CT molecular complexity index is 8.88. The average Bonchev–Trinajstić information content (AvgIpc) is 0. The molecule has 2 radical (unpaired) electrons. The fourth-order valence-electron chi connectivity index (χ4n) is 0. The van der Waals surface area contributed by atoms with Crippen LogP contribution in [0.2, 0.25) is 0 Å². The molecule has 0 spiro atoms. The summed E-state index contributed by atoms with van der Waals surface area (Å²) in [7, 11) is 0. The third kappa shape index (κ3) is 81.5. The molecule has 0 aromatic carbocycles. The zero-order chi connectivity index (χ0) is 0.